The molecule has 0 saturated carbocycles. The van der Waals surface area contributed by atoms with E-state index in [2.05, 4.69) is 4.98 Å². The maximum Gasteiger partial charge on any atom is 0.303 e. The van der Waals surface area contributed by atoms with Gasteiger partial charge in [-0.1, -0.05) is 30.3 Å². The van der Waals surface area contributed by atoms with Gasteiger partial charge in [-0.15, -0.1) is 0 Å². The predicted octanol–water partition coefficient (Wildman–Crippen LogP) is 3.95. The highest BCUT2D eigenvalue weighted by molar-refractivity contribution is 5.67. The molecule has 0 amide bonds. The Morgan fingerprint density at radius 1 is 1.15 bits per heavy atom. The van der Waals surface area contributed by atoms with Gasteiger partial charge in [0.1, 0.15) is 12.9 Å². The molecule has 0 aliphatic carbocycles. The van der Waals surface area contributed by atoms with Crippen molar-refractivity contribution in [3.05, 3.63) is 66.1 Å². The molecule has 3 rings (SSSR count). The zero-order valence-electron chi connectivity index (χ0n) is 14.3. The third-order valence-corrected chi connectivity index (χ3v) is 3.79. The van der Waals surface area contributed by atoms with Crippen LogP contribution in [0.25, 0.3) is 11.5 Å². The molecule has 3 aromatic rings. The van der Waals surface area contributed by atoms with Crippen LogP contribution in [0.3, 0.4) is 0 Å². The van der Waals surface area contributed by atoms with Crippen LogP contribution in [0, 0.1) is 0 Å². The first-order valence-electron chi connectivity index (χ1n) is 8.17. The fourth-order valence-corrected chi connectivity index (χ4v) is 2.44. The van der Waals surface area contributed by atoms with Crippen LogP contribution in [-0.2, 0) is 17.8 Å². The maximum absolute atomic E-state index is 10.6. The van der Waals surface area contributed by atoms with Gasteiger partial charge in [-0.25, -0.2) is 4.98 Å². The molecule has 0 saturated heterocycles. The number of benzene rings is 2. The van der Waals surface area contributed by atoms with Crippen LogP contribution in [0.1, 0.15) is 17.7 Å². The minimum absolute atomic E-state index is 0.0154. The number of carbonyl (C=O) groups is 1. The highest BCUT2D eigenvalue weighted by Crippen LogP contribution is 2.32. The highest BCUT2D eigenvalue weighted by atomic mass is 16.5. The summed E-state index contributed by atoms with van der Waals surface area (Å²) in [6.45, 7) is 0.439. The molecule has 0 spiro atoms. The van der Waals surface area contributed by atoms with Gasteiger partial charge in [-0.05, 0) is 23.8 Å². The summed E-state index contributed by atoms with van der Waals surface area (Å²) in [6.07, 6.45) is 1.82. The zero-order chi connectivity index (χ0) is 18.4. The third kappa shape index (κ3) is 4.42. The van der Waals surface area contributed by atoms with Crippen LogP contribution in [0.5, 0.6) is 11.5 Å². The van der Waals surface area contributed by atoms with Crippen molar-refractivity contribution >= 4 is 5.97 Å². The Morgan fingerprint density at radius 3 is 2.69 bits per heavy atom. The lowest BCUT2D eigenvalue weighted by Gasteiger charge is -2.11. The van der Waals surface area contributed by atoms with E-state index in [4.69, 9.17) is 19.0 Å². The lowest BCUT2D eigenvalue weighted by molar-refractivity contribution is -0.136. The third-order valence-electron chi connectivity index (χ3n) is 3.79. The fraction of sp³-hybridized carbons (Fsp3) is 0.200. The number of rotatable bonds is 8. The zero-order valence-corrected chi connectivity index (χ0v) is 14.3. The number of hydrogen-bond donors (Lipinski definition) is 1. The molecular formula is C20H19NO5. The maximum atomic E-state index is 10.6. The van der Waals surface area contributed by atoms with Gasteiger partial charge in [0.05, 0.1) is 19.2 Å². The van der Waals surface area contributed by atoms with Gasteiger partial charge in [0.25, 0.3) is 0 Å². The Bertz CT molecular complexity index is 873. The standard InChI is InChI=1S/C20H19NO5/c1-24-18-11-15(20-21-16(13-26-20)8-10-19(22)23)7-9-17(18)25-12-14-5-3-2-4-6-14/h2-7,9,11,13H,8,10,12H2,1H3,(H,22,23). The van der Waals surface area contributed by atoms with Crippen molar-refractivity contribution in [2.45, 2.75) is 19.4 Å². The topological polar surface area (TPSA) is 81.8 Å². The number of aliphatic carboxylic acids is 1. The summed E-state index contributed by atoms with van der Waals surface area (Å²) in [5, 5.41) is 8.74. The van der Waals surface area contributed by atoms with Crippen molar-refractivity contribution in [2.24, 2.45) is 0 Å². The summed E-state index contributed by atoms with van der Waals surface area (Å²) in [4.78, 5) is 15.0. The minimum atomic E-state index is -0.865. The summed E-state index contributed by atoms with van der Waals surface area (Å²) in [7, 11) is 1.57. The van der Waals surface area contributed by atoms with Crippen molar-refractivity contribution in [2.75, 3.05) is 7.11 Å². The van der Waals surface area contributed by atoms with E-state index in [1.165, 1.54) is 6.26 Å². The van der Waals surface area contributed by atoms with Crippen molar-refractivity contribution in [1.82, 2.24) is 4.98 Å². The molecule has 0 aliphatic rings. The van der Waals surface area contributed by atoms with Crippen LogP contribution in [0.2, 0.25) is 0 Å². The molecule has 0 bridgehead atoms. The average Bonchev–Trinajstić information content (AvgIpc) is 3.14. The van der Waals surface area contributed by atoms with Gasteiger partial charge in [0, 0.05) is 12.0 Å². The van der Waals surface area contributed by atoms with E-state index in [1.807, 2.05) is 36.4 Å². The molecule has 2 aromatic carbocycles. The molecule has 134 valence electrons. The Kier molecular flexibility index (Phi) is 5.53. The van der Waals surface area contributed by atoms with Crippen molar-refractivity contribution < 1.29 is 23.8 Å². The SMILES string of the molecule is COc1cc(-c2nc(CCC(=O)O)co2)ccc1OCc1ccccc1. The second-order valence-corrected chi connectivity index (χ2v) is 5.68. The summed E-state index contributed by atoms with van der Waals surface area (Å²) in [6, 6.07) is 15.3. The molecule has 0 atom stereocenters. The number of methoxy groups -OCH3 is 1. The van der Waals surface area contributed by atoms with Gasteiger partial charge in [-0.3, -0.25) is 4.79 Å². The van der Waals surface area contributed by atoms with Crippen molar-refractivity contribution in [1.29, 1.82) is 0 Å². The Balaban J connectivity index is 1.73. The first-order valence-corrected chi connectivity index (χ1v) is 8.17. The predicted molar refractivity (Wildman–Crippen MR) is 95.2 cm³/mol. The molecule has 0 unspecified atom stereocenters. The number of carboxylic acids is 1. The number of aromatic nitrogens is 1. The molecule has 6 heteroatoms. The lowest BCUT2D eigenvalue weighted by Crippen LogP contribution is -1.98. The summed E-state index contributed by atoms with van der Waals surface area (Å²) in [5.41, 5.74) is 2.40. The molecule has 1 heterocycles. The second kappa shape index (κ2) is 8.20. The molecule has 1 aromatic heterocycles. The van der Waals surface area contributed by atoms with Gasteiger partial charge in [0.15, 0.2) is 11.5 Å². The van der Waals surface area contributed by atoms with Gasteiger partial charge < -0.3 is 19.0 Å². The van der Waals surface area contributed by atoms with Crippen LogP contribution in [0.15, 0.2) is 59.2 Å². The monoisotopic (exact) mass is 353 g/mol. The number of carboxylic acid groups (broad SMARTS) is 1. The van der Waals surface area contributed by atoms with Crippen molar-refractivity contribution in [3.63, 3.8) is 0 Å². The Labute approximate surface area is 151 Å². The number of ether oxygens (including phenoxy) is 2. The molecule has 0 radical (unpaired) electrons. The normalized spacial score (nSPS) is 10.5. The van der Waals surface area contributed by atoms with E-state index in [-0.39, 0.29) is 6.42 Å². The van der Waals surface area contributed by atoms with Crippen LogP contribution >= 0.6 is 0 Å². The quantitative estimate of drug-likeness (QED) is 0.660. The van der Waals surface area contributed by atoms with Crippen LogP contribution in [0.4, 0.5) is 0 Å². The van der Waals surface area contributed by atoms with E-state index in [0.29, 0.717) is 36.1 Å². The summed E-state index contributed by atoms with van der Waals surface area (Å²) >= 11 is 0. The summed E-state index contributed by atoms with van der Waals surface area (Å²) < 4.78 is 16.7. The number of hydrogen-bond acceptors (Lipinski definition) is 5. The van der Waals surface area contributed by atoms with Crippen molar-refractivity contribution in [3.8, 4) is 23.0 Å². The average molecular weight is 353 g/mol. The Hall–Kier alpha value is -3.28. The molecule has 0 fully saturated rings. The van der Waals surface area contributed by atoms with Crippen LogP contribution in [-0.4, -0.2) is 23.2 Å². The molecule has 26 heavy (non-hydrogen) atoms. The number of aryl methyl sites for hydroxylation is 1. The first-order chi connectivity index (χ1) is 12.7. The Morgan fingerprint density at radius 2 is 1.96 bits per heavy atom. The second-order valence-electron chi connectivity index (χ2n) is 5.68. The van der Waals surface area contributed by atoms with E-state index in [0.717, 1.165) is 11.1 Å². The van der Waals surface area contributed by atoms with E-state index >= 15 is 0 Å². The van der Waals surface area contributed by atoms with Crippen LogP contribution < -0.4 is 9.47 Å². The van der Waals surface area contributed by atoms with Gasteiger partial charge in [-0.2, -0.15) is 0 Å². The highest BCUT2D eigenvalue weighted by Gasteiger charge is 2.12. The molecule has 6 nitrogen and oxygen atoms in total. The molecule has 0 aliphatic heterocycles. The summed E-state index contributed by atoms with van der Waals surface area (Å²) in [5.74, 6) is 0.746. The molecular weight excluding hydrogens is 334 g/mol. The lowest BCUT2D eigenvalue weighted by atomic mass is 10.2. The van der Waals surface area contributed by atoms with Gasteiger partial charge >= 0.3 is 5.97 Å². The largest absolute Gasteiger partial charge is 0.493 e. The number of oxazole rings is 1. The molecule has 1 N–H and O–H groups in total. The van der Waals surface area contributed by atoms with E-state index in [1.54, 1.807) is 19.2 Å². The first kappa shape index (κ1) is 17.5. The minimum Gasteiger partial charge on any atom is -0.493 e. The smallest absolute Gasteiger partial charge is 0.303 e. The van der Waals surface area contributed by atoms with Gasteiger partial charge in [0.2, 0.25) is 5.89 Å². The number of nitrogens with zero attached hydrogens (tertiary/aromatic N) is 1. The van der Waals surface area contributed by atoms with E-state index < -0.39 is 5.97 Å². The fourth-order valence-electron chi connectivity index (χ4n) is 2.44. The van der Waals surface area contributed by atoms with E-state index in [9.17, 15) is 4.79 Å².